The van der Waals surface area contributed by atoms with Crippen LogP contribution in [0.25, 0.3) is 0 Å². The number of rotatable bonds is 29. The lowest BCUT2D eigenvalue weighted by Gasteiger charge is -2.13. The van der Waals surface area contributed by atoms with E-state index in [0.717, 1.165) is 89.9 Å². The zero-order chi connectivity index (χ0) is 34.5. The number of carbonyl (C=O) groups excluding carboxylic acids is 2. The van der Waals surface area contributed by atoms with Gasteiger partial charge in [0.1, 0.15) is 11.6 Å². The van der Waals surface area contributed by atoms with E-state index in [4.69, 9.17) is 4.52 Å². The minimum Gasteiger partial charge on any atom is -0.312 e. The highest BCUT2D eigenvalue weighted by atomic mass is 31.2. The molecule has 0 saturated heterocycles. The van der Waals surface area contributed by atoms with Gasteiger partial charge in [0.25, 0.3) is 0 Å². The molecule has 0 aliphatic rings. The normalized spacial score (nSPS) is 14.2. The highest BCUT2D eigenvalue weighted by Crippen LogP contribution is 2.36. The van der Waals surface area contributed by atoms with E-state index in [0.29, 0.717) is 12.8 Å². The quantitative estimate of drug-likeness (QED) is 0.0359. The average Bonchev–Trinajstić information content (AvgIpc) is 3.01. The van der Waals surface area contributed by atoms with Gasteiger partial charge in [0.15, 0.2) is 0 Å². The molecule has 0 rings (SSSR count). The van der Waals surface area contributed by atoms with Gasteiger partial charge in [-0.05, 0) is 105 Å². The third-order valence-corrected chi connectivity index (χ3v) is 9.05. The third-order valence-electron chi connectivity index (χ3n) is 7.96. The van der Waals surface area contributed by atoms with E-state index in [1.165, 1.54) is 28.7 Å². The number of ketones is 2. The fourth-order valence-electron chi connectivity index (χ4n) is 4.93. The van der Waals surface area contributed by atoms with Crippen molar-refractivity contribution in [3.05, 3.63) is 46.6 Å². The lowest BCUT2D eigenvalue weighted by molar-refractivity contribution is -0.123. The zero-order valence-electron chi connectivity index (χ0n) is 30.2. The summed E-state index contributed by atoms with van der Waals surface area (Å²) < 4.78 is 17.4. The van der Waals surface area contributed by atoms with Crippen LogP contribution < -0.4 is 5.09 Å². The largest absolute Gasteiger partial charge is 0.403 e. The molecule has 0 amide bonds. The monoisotopic (exact) mass is 659 g/mol. The molecule has 0 saturated carbocycles. The zero-order valence-corrected chi connectivity index (χ0v) is 31.1. The van der Waals surface area contributed by atoms with Gasteiger partial charge < -0.3 is 4.89 Å². The second-order valence-corrected chi connectivity index (χ2v) is 14.3. The molecule has 0 radical (unpaired) electrons. The Morgan fingerprint density at radius 2 is 1.20 bits per heavy atom. The molecule has 0 aromatic rings. The maximum atomic E-state index is 12.2. The lowest BCUT2D eigenvalue weighted by atomic mass is 10.0. The molecule has 1 atom stereocenters. The van der Waals surface area contributed by atoms with Crippen LogP contribution in [0.15, 0.2) is 46.6 Å². The molecule has 0 bridgehead atoms. The van der Waals surface area contributed by atoms with E-state index in [-0.39, 0.29) is 37.6 Å². The molecule has 1 unspecified atom stereocenters. The Bertz CT molecular complexity index is 1090. The van der Waals surface area contributed by atoms with Gasteiger partial charge in [-0.15, -0.1) is 11.8 Å². The molecule has 6 nitrogen and oxygen atoms in total. The third kappa shape index (κ3) is 29.4. The van der Waals surface area contributed by atoms with E-state index in [9.17, 15) is 19.0 Å². The first kappa shape index (κ1) is 44.0. The molecule has 7 heteroatoms. The van der Waals surface area contributed by atoms with E-state index < -0.39 is 7.75 Å². The van der Waals surface area contributed by atoms with Crippen molar-refractivity contribution >= 4 is 19.3 Å². The van der Waals surface area contributed by atoms with Crippen LogP contribution >= 0.6 is 7.75 Å². The standard InChI is InChI=1S/C39H66NO5P/c1-7-9-11-13-15-29-38(41)30-31-39(42)33-40-46(43,44)45-32-20-28-37(6)27-19-26-36(5)23-17-16-22-35(4)25-18-24-34(3)21-14-12-10-8-2/h22-24,27H,7,9,11-21,25-26,28-33H2,1-6H3,(H2,40,43,44)/b34-24+,35-22+,36-23+,37-27+. The topological polar surface area (TPSA) is 92.7 Å². The number of Topliss-reactive ketones (excluding diaryl/α,β-unsaturated/α-hetero) is 2. The number of hydrogen-bond donors (Lipinski definition) is 2. The molecular weight excluding hydrogens is 593 g/mol. The predicted molar refractivity (Wildman–Crippen MR) is 196 cm³/mol. The van der Waals surface area contributed by atoms with Crippen molar-refractivity contribution in [3.8, 4) is 11.8 Å². The van der Waals surface area contributed by atoms with Gasteiger partial charge in [-0.2, -0.15) is 0 Å². The van der Waals surface area contributed by atoms with Gasteiger partial charge in [0.05, 0.1) is 13.2 Å². The summed E-state index contributed by atoms with van der Waals surface area (Å²) in [4.78, 5) is 34.0. The Balaban J connectivity index is 4.07. The average molecular weight is 660 g/mol. The molecule has 0 fully saturated rings. The van der Waals surface area contributed by atoms with Crippen LogP contribution in [-0.2, 0) is 18.7 Å². The summed E-state index contributed by atoms with van der Waals surface area (Å²) in [5.41, 5.74) is 5.57. The minimum absolute atomic E-state index is 0.0796. The van der Waals surface area contributed by atoms with Gasteiger partial charge in [-0.1, -0.05) is 79.2 Å². The van der Waals surface area contributed by atoms with Crippen molar-refractivity contribution in [2.45, 2.75) is 164 Å². The number of unbranched alkanes of at least 4 members (excludes halogenated alkanes) is 6. The molecule has 0 spiro atoms. The van der Waals surface area contributed by atoms with Crippen LogP contribution in [0.4, 0.5) is 0 Å². The van der Waals surface area contributed by atoms with Crippen molar-refractivity contribution in [1.82, 2.24) is 5.09 Å². The van der Waals surface area contributed by atoms with Gasteiger partial charge in [-0.3, -0.25) is 14.1 Å². The Morgan fingerprint density at radius 3 is 1.78 bits per heavy atom. The first-order chi connectivity index (χ1) is 22.0. The Labute approximate surface area is 282 Å². The summed E-state index contributed by atoms with van der Waals surface area (Å²) in [6, 6.07) is 0. The fourth-order valence-corrected chi connectivity index (χ4v) is 5.78. The van der Waals surface area contributed by atoms with Crippen LogP contribution in [0.5, 0.6) is 0 Å². The Morgan fingerprint density at radius 1 is 0.674 bits per heavy atom. The summed E-state index contributed by atoms with van der Waals surface area (Å²) in [7, 11) is -4.05. The van der Waals surface area contributed by atoms with Crippen LogP contribution in [0.1, 0.15) is 164 Å². The molecule has 262 valence electrons. The molecular formula is C39H66NO5P. The van der Waals surface area contributed by atoms with Crippen molar-refractivity contribution in [2.75, 3.05) is 13.2 Å². The van der Waals surface area contributed by atoms with Crippen LogP contribution in [0.2, 0.25) is 0 Å². The molecule has 0 aliphatic heterocycles. The molecule has 0 aromatic carbocycles. The minimum atomic E-state index is -4.05. The SMILES string of the molecule is CC#CCCC/C(C)=C/CC/C(C)=C/CC/C=C(\C)CC/C=C(\C)CCCOP(=O)(O)NCC(=O)CCC(=O)CCCCCCC. The van der Waals surface area contributed by atoms with Gasteiger partial charge >= 0.3 is 7.75 Å². The van der Waals surface area contributed by atoms with E-state index in [2.05, 4.69) is 75.9 Å². The molecule has 0 aromatic heterocycles. The van der Waals surface area contributed by atoms with Crippen LogP contribution in [0.3, 0.4) is 0 Å². The Hall–Kier alpha value is -2.03. The lowest BCUT2D eigenvalue weighted by Crippen LogP contribution is -2.22. The Kier molecular flexibility index (Phi) is 27.8. The summed E-state index contributed by atoms with van der Waals surface area (Å²) in [6.07, 6.45) is 26.6. The summed E-state index contributed by atoms with van der Waals surface area (Å²) in [5.74, 6) is 5.91. The second-order valence-electron chi connectivity index (χ2n) is 12.7. The van der Waals surface area contributed by atoms with Gasteiger partial charge in [0.2, 0.25) is 0 Å². The molecule has 46 heavy (non-hydrogen) atoms. The second kappa shape index (κ2) is 29.1. The molecule has 0 aliphatic carbocycles. The predicted octanol–water partition coefficient (Wildman–Crippen LogP) is 11.1. The van der Waals surface area contributed by atoms with Crippen molar-refractivity contribution in [3.63, 3.8) is 0 Å². The maximum Gasteiger partial charge on any atom is 0.403 e. The summed E-state index contributed by atoms with van der Waals surface area (Å²) >= 11 is 0. The van der Waals surface area contributed by atoms with E-state index >= 15 is 0 Å². The summed E-state index contributed by atoms with van der Waals surface area (Å²) in [5, 5.41) is 2.33. The van der Waals surface area contributed by atoms with Crippen LogP contribution in [-0.4, -0.2) is 29.6 Å². The first-order valence-electron chi connectivity index (χ1n) is 17.8. The maximum absolute atomic E-state index is 12.2. The number of hydrogen-bond acceptors (Lipinski definition) is 4. The number of nitrogens with one attached hydrogen (secondary N) is 1. The van der Waals surface area contributed by atoms with Gasteiger partial charge in [0, 0.05) is 25.7 Å². The highest BCUT2D eigenvalue weighted by molar-refractivity contribution is 7.50. The van der Waals surface area contributed by atoms with Crippen LogP contribution in [0, 0.1) is 11.8 Å². The first-order valence-corrected chi connectivity index (χ1v) is 19.3. The molecule has 2 N–H and O–H groups in total. The van der Waals surface area contributed by atoms with Crippen molar-refractivity contribution in [2.24, 2.45) is 0 Å². The fraction of sp³-hybridized carbons (Fsp3) is 0.692. The van der Waals surface area contributed by atoms with E-state index in [1.807, 2.05) is 6.92 Å². The molecule has 0 heterocycles. The summed E-state index contributed by atoms with van der Waals surface area (Å²) in [6.45, 7) is 12.6. The van der Waals surface area contributed by atoms with Gasteiger partial charge in [-0.25, -0.2) is 9.65 Å². The smallest absolute Gasteiger partial charge is 0.312 e. The highest BCUT2D eigenvalue weighted by Gasteiger charge is 2.20. The number of carbonyl (C=O) groups is 2. The number of allylic oxidation sites excluding steroid dienone is 8. The van der Waals surface area contributed by atoms with E-state index in [1.54, 1.807) is 0 Å². The van der Waals surface area contributed by atoms with Crippen molar-refractivity contribution < 1.29 is 23.6 Å². The van der Waals surface area contributed by atoms with Crippen molar-refractivity contribution in [1.29, 1.82) is 0 Å².